The molecule has 4 heteroatoms. The van der Waals surface area contributed by atoms with Crippen LogP contribution >= 0.6 is 0 Å². The van der Waals surface area contributed by atoms with Crippen LogP contribution in [-0.4, -0.2) is 32.1 Å². The molecule has 2 aromatic rings. The Balaban J connectivity index is 1.76. The summed E-state index contributed by atoms with van der Waals surface area (Å²) in [5.74, 6) is -0.0552. The number of aryl methyl sites for hydroxylation is 1. The zero-order valence-electron chi connectivity index (χ0n) is 16.2. The van der Waals surface area contributed by atoms with E-state index in [-0.39, 0.29) is 11.3 Å². The van der Waals surface area contributed by atoms with Crippen LogP contribution in [0, 0.1) is 6.92 Å². The fraction of sp³-hybridized carbons (Fsp3) is 0.409. The van der Waals surface area contributed by atoms with Crippen molar-refractivity contribution in [3.63, 3.8) is 0 Å². The maximum atomic E-state index is 12.7. The van der Waals surface area contributed by atoms with Gasteiger partial charge in [0.05, 0.1) is 0 Å². The summed E-state index contributed by atoms with van der Waals surface area (Å²) < 4.78 is 0. The fourth-order valence-corrected chi connectivity index (χ4v) is 3.28. The Bertz CT molecular complexity index is 786. The Morgan fingerprint density at radius 2 is 1.81 bits per heavy atom. The van der Waals surface area contributed by atoms with Crippen LogP contribution in [0.5, 0.6) is 0 Å². The summed E-state index contributed by atoms with van der Waals surface area (Å²) >= 11 is 0. The van der Waals surface area contributed by atoms with Gasteiger partial charge in [-0.15, -0.1) is 0 Å². The Labute approximate surface area is 156 Å². The van der Waals surface area contributed by atoms with Crippen LogP contribution in [0.15, 0.2) is 42.5 Å². The number of hydrogen-bond donors (Lipinski definition) is 2. The minimum Gasteiger partial charge on any atom is -0.369 e. The summed E-state index contributed by atoms with van der Waals surface area (Å²) in [4.78, 5) is 15.1. The van der Waals surface area contributed by atoms with E-state index in [1.807, 2.05) is 25.1 Å². The number of rotatable bonds is 3. The predicted molar refractivity (Wildman–Crippen MR) is 109 cm³/mol. The summed E-state index contributed by atoms with van der Waals surface area (Å²) in [6.07, 6.45) is 0. The molecule has 138 valence electrons. The standard InChI is InChI=1S/C22H29N3O/c1-16-14-19(25-12-10-23-11-13-25)8-9-20(16)21(26)24-18-7-5-6-17(15-18)22(2,3)4/h5-9,14-15,23H,10-13H2,1-4H3,(H,24,26). The van der Waals surface area contributed by atoms with Gasteiger partial charge < -0.3 is 15.5 Å². The summed E-state index contributed by atoms with van der Waals surface area (Å²) in [5.41, 5.74) is 5.03. The molecule has 0 saturated carbocycles. The van der Waals surface area contributed by atoms with Gasteiger partial charge in [0.25, 0.3) is 5.91 Å². The first-order chi connectivity index (χ1) is 12.3. The van der Waals surface area contributed by atoms with Gasteiger partial charge in [-0.2, -0.15) is 0 Å². The third-order valence-electron chi connectivity index (χ3n) is 4.92. The summed E-state index contributed by atoms with van der Waals surface area (Å²) in [6, 6.07) is 14.2. The van der Waals surface area contributed by atoms with Crippen LogP contribution in [0.4, 0.5) is 11.4 Å². The molecular weight excluding hydrogens is 322 g/mol. The number of carbonyl (C=O) groups is 1. The highest BCUT2D eigenvalue weighted by molar-refractivity contribution is 6.05. The van der Waals surface area contributed by atoms with Crippen molar-refractivity contribution in [2.45, 2.75) is 33.1 Å². The fourth-order valence-electron chi connectivity index (χ4n) is 3.28. The number of hydrogen-bond acceptors (Lipinski definition) is 3. The molecule has 3 rings (SSSR count). The van der Waals surface area contributed by atoms with Crippen LogP contribution < -0.4 is 15.5 Å². The van der Waals surface area contributed by atoms with Crippen molar-refractivity contribution >= 4 is 17.3 Å². The van der Waals surface area contributed by atoms with Crippen LogP contribution in [0.25, 0.3) is 0 Å². The Kier molecular flexibility index (Phi) is 5.33. The molecule has 0 spiro atoms. The van der Waals surface area contributed by atoms with Crippen molar-refractivity contribution in [1.82, 2.24) is 5.32 Å². The van der Waals surface area contributed by atoms with Crippen molar-refractivity contribution in [2.75, 3.05) is 36.4 Å². The monoisotopic (exact) mass is 351 g/mol. The smallest absolute Gasteiger partial charge is 0.255 e. The first kappa shape index (κ1) is 18.5. The molecule has 1 amide bonds. The van der Waals surface area contributed by atoms with Crippen molar-refractivity contribution in [1.29, 1.82) is 0 Å². The molecule has 26 heavy (non-hydrogen) atoms. The number of nitrogens with one attached hydrogen (secondary N) is 2. The Morgan fingerprint density at radius 1 is 1.08 bits per heavy atom. The summed E-state index contributed by atoms with van der Waals surface area (Å²) in [6.45, 7) is 12.5. The number of carbonyl (C=O) groups excluding carboxylic acids is 1. The van der Waals surface area contributed by atoms with Gasteiger partial charge in [-0.1, -0.05) is 32.9 Å². The van der Waals surface area contributed by atoms with Crippen LogP contribution in [0.2, 0.25) is 0 Å². The number of anilines is 2. The molecule has 0 aliphatic carbocycles. The third-order valence-corrected chi connectivity index (χ3v) is 4.92. The number of nitrogens with zero attached hydrogens (tertiary/aromatic N) is 1. The normalized spacial score (nSPS) is 15.0. The molecule has 0 unspecified atom stereocenters. The lowest BCUT2D eigenvalue weighted by Gasteiger charge is -2.30. The van der Waals surface area contributed by atoms with E-state index in [2.05, 4.69) is 60.6 Å². The van der Waals surface area contributed by atoms with E-state index < -0.39 is 0 Å². The topological polar surface area (TPSA) is 44.4 Å². The molecule has 1 aliphatic rings. The van der Waals surface area contributed by atoms with Crippen molar-refractivity contribution in [3.8, 4) is 0 Å². The minimum atomic E-state index is -0.0552. The lowest BCUT2D eigenvalue weighted by Crippen LogP contribution is -2.43. The molecular formula is C22H29N3O. The largest absolute Gasteiger partial charge is 0.369 e. The van der Waals surface area contributed by atoms with E-state index in [9.17, 15) is 4.79 Å². The maximum absolute atomic E-state index is 12.7. The molecule has 1 fully saturated rings. The zero-order chi connectivity index (χ0) is 18.7. The van der Waals surface area contributed by atoms with Gasteiger partial charge in [-0.25, -0.2) is 0 Å². The highest BCUT2D eigenvalue weighted by Gasteiger charge is 2.16. The average Bonchev–Trinajstić information content (AvgIpc) is 2.62. The van der Waals surface area contributed by atoms with Crippen LogP contribution in [0.1, 0.15) is 42.3 Å². The zero-order valence-corrected chi connectivity index (χ0v) is 16.2. The summed E-state index contributed by atoms with van der Waals surface area (Å²) in [7, 11) is 0. The third kappa shape index (κ3) is 4.25. The highest BCUT2D eigenvalue weighted by atomic mass is 16.1. The lowest BCUT2D eigenvalue weighted by molar-refractivity contribution is 0.102. The molecule has 0 atom stereocenters. The second kappa shape index (κ2) is 7.50. The maximum Gasteiger partial charge on any atom is 0.255 e. The summed E-state index contributed by atoms with van der Waals surface area (Å²) in [5, 5.41) is 6.41. The molecule has 2 aromatic carbocycles. The van der Waals surface area contributed by atoms with E-state index in [1.54, 1.807) is 0 Å². The van der Waals surface area contributed by atoms with Crippen molar-refractivity contribution < 1.29 is 4.79 Å². The van der Waals surface area contributed by atoms with E-state index in [1.165, 1.54) is 11.3 Å². The molecule has 4 nitrogen and oxygen atoms in total. The van der Waals surface area contributed by atoms with Gasteiger partial charge in [-0.3, -0.25) is 4.79 Å². The van der Waals surface area contributed by atoms with Crippen LogP contribution in [-0.2, 0) is 5.41 Å². The van der Waals surface area contributed by atoms with Gasteiger partial charge in [0.1, 0.15) is 0 Å². The SMILES string of the molecule is Cc1cc(N2CCNCC2)ccc1C(=O)Nc1cccc(C(C)(C)C)c1. The van der Waals surface area contributed by atoms with E-state index in [0.29, 0.717) is 0 Å². The van der Waals surface area contributed by atoms with E-state index in [4.69, 9.17) is 0 Å². The average molecular weight is 351 g/mol. The Hall–Kier alpha value is -2.33. The first-order valence-corrected chi connectivity index (χ1v) is 9.33. The number of amides is 1. The van der Waals surface area contributed by atoms with E-state index >= 15 is 0 Å². The van der Waals surface area contributed by atoms with E-state index in [0.717, 1.165) is 43.0 Å². The van der Waals surface area contributed by atoms with Crippen molar-refractivity contribution in [3.05, 3.63) is 59.2 Å². The van der Waals surface area contributed by atoms with Gasteiger partial charge in [0, 0.05) is 43.1 Å². The Morgan fingerprint density at radius 3 is 2.46 bits per heavy atom. The molecule has 0 bridgehead atoms. The number of piperazine rings is 1. The quantitative estimate of drug-likeness (QED) is 0.880. The number of benzene rings is 2. The van der Waals surface area contributed by atoms with Gasteiger partial charge in [0.2, 0.25) is 0 Å². The van der Waals surface area contributed by atoms with Gasteiger partial charge >= 0.3 is 0 Å². The highest BCUT2D eigenvalue weighted by Crippen LogP contribution is 2.25. The molecule has 1 aliphatic heterocycles. The molecule has 0 aromatic heterocycles. The lowest BCUT2D eigenvalue weighted by atomic mass is 9.87. The minimum absolute atomic E-state index is 0.0552. The molecule has 2 N–H and O–H groups in total. The second-order valence-corrected chi connectivity index (χ2v) is 8.02. The second-order valence-electron chi connectivity index (χ2n) is 8.02. The molecule has 1 heterocycles. The van der Waals surface area contributed by atoms with Crippen molar-refractivity contribution in [2.24, 2.45) is 0 Å². The van der Waals surface area contributed by atoms with Gasteiger partial charge in [0.15, 0.2) is 0 Å². The molecule has 0 radical (unpaired) electrons. The van der Waals surface area contributed by atoms with Crippen LogP contribution in [0.3, 0.4) is 0 Å². The first-order valence-electron chi connectivity index (χ1n) is 9.33. The predicted octanol–water partition coefficient (Wildman–Crippen LogP) is 3.95. The molecule has 1 saturated heterocycles. The van der Waals surface area contributed by atoms with Gasteiger partial charge in [-0.05, 0) is 53.8 Å².